The topological polar surface area (TPSA) is 122 Å². The van der Waals surface area contributed by atoms with Crippen molar-refractivity contribution in [2.45, 2.75) is 25.1 Å². The lowest BCUT2D eigenvalue weighted by Gasteiger charge is -2.36. The normalized spacial score (nSPS) is 15.4. The second-order valence-electron chi connectivity index (χ2n) is 8.57. The lowest BCUT2D eigenvalue weighted by Crippen LogP contribution is -2.49. The summed E-state index contributed by atoms with van der Waals surface area (Å²) in [7, 11) is 0. The smallest absolute Gasteiger partial charge is 0.475 e. The predicted molar refractivity (Wildman–Crippen MR) is 129 cm³/mol. The first-order valence-electron chi connectivity index (χ1n) is 11.5. The number of anilines is 2. The summed E-state index contributed by atoms with van der Waals surface area (Å²) in [6.45, 7) is 2.65. The lowest BCUT2D eigenvalue weighted by molar-refractivity contribution is -0.192. The minimum Gasteiger partial charge on any atom is -0.475 e. The molecule has 1 saturated carbocycles. The van der Waals surface area contributed by atoms with Gasteiger partial charge in [0.1, 0.15) is 0 Å². The van der Waals surface area contributed by atoms with Gasteiger partial charge in [-0.15, -0.1) is 0 Å². The summed E-state index contributed by atoms with van der Waals surface area (Å²) in [5, 5.41) is 19.6. The average Bonchev–Trinajstić information content (AvgIpc) is 3.72. The van der Waals surface area contributed by atoms with E-state index >= 15 is 0 Å². The lowest BCUT2D eigenvalue weighted by atomic mass is 10.1. The fraction of sp³-hybridized carbons (Fsp3) is 0.320. The number of aliphatic carboxylic acids is 1. The standard InChI is InChI=1S/C23H22N6O.C2HF3O2/c24-15-16-5-7-17(8-6-16)23(30)29-13-11-28(12-14-29)22-21(25-18-9-10-18)26-19-3-1-2-4-20(19)27-22;3-2(4,5)1(6)7/h1-8,18H,9-14H2,(H,25,26);(H,6,7). The molecule has 0 spiro atoms. The van der Waals surface area contributed by atoms with Gasteiger partial charge in [0.25, 0.3) is 5.91 Å². The van der Waals surface area contributed by atoms with E-state index in [1.165, 1.54) is 12.8 Å². The number of carbonyl (C=O) groups is 2. The number of nitrogens with zero attached hydrogens (tertiary/aromatic N) is 5. The molecular formula is C25H23F3N6O3. The zero-order chi connectivity index (χ0) is 26.6. The van der Waals surface area contributed by atoms with Gasteiger partial charge in [-0.3, -0.25) is 4.79 Å². The van der Waals surface area contributed by atoms with Crippen LogP contribution in [0.2, 0.25) is 0 Å². The minimum absolute atomic E-state index is 0.0000596. The van der Waals surface area contributed by atoms with Gasteiger partial charge >= 0.3 is 12.1 Å². The molecule has 12 heteroatoms. The highest BCUT2D eigenvalue weighted by Gasteiger charge is 2.38. The van der Waals surface area contributed by atoms with Crippen molar-refractivity contribution in [2.24, 2.45) is 0 Å². The maximum absolute atomic E-state index is 12.8. The maximum Gasteiger partial charge on any atom is 0.490 e. The molecule has 3 aromatic rings. The SMILES string of the molecule is N#Cc1ccc(C(=O)N2CCN(c3nc4ccccc4nc3NC3CC3)CC2)cc1.O=C(O)C(F)(F)F. The highest BCUT2D eigenvalue weighted by Crippen LogP contribution is 2.31. The van der Waals surface area contributed by atoms with Crippen molar-refractivity contribution in [3.63, 3.8) is 0 Å². The summed E-state index contributed by atoms with van der Waals surface area (Å²) in [6.07, 6.45) is -2.75. The Bertz CT molecular complexity index is 1330. The molecule has 2 heterocycles. The molecule has 192 valence electrons. The molecule has 0 bridgehead atoms. The van der Waals surface area contributed by atoms with Crippen molar-refractivity contribution < 1.29 is 27.9 Å². The first kappa shape index (κ1) is 25.7. The number of hydrogen-bond donors (Lipinski definition) is 2. The van der Waals surface area contributed by atoms with Gasteiger partial charge in [-0.2, -0.15) is 18.4 Å². The number of halogens is 3. The fourth-order valence-corrected chi connectivity index (χ4v) is 3.72. The van der Waals surface area contributed by atoms with Crippen LogP contribution in [0.5, 0.6) is 0 Å². The van der Waals surface area contributed by atoms with E-state index in [9.17, 15) is 18.0 Å². The Labute approximate surface area is 210 Å². The highest BCUT2D eigenvalue weighted by atomic mass is 19.4. The molecule has 2 N–H and O–H groups in total. The number of amides is 1. The first-order chi connectivity index (χ1) is 17.7. The molecule has 0 unspecified atom stereocenters. The number of rotatable bonds is 4. The molecule has 2 aromatic carbocycles. The molecule has 0 atom stereocenters. The van der Waals surface area contributed by atoms with E-state index in [1.807, 2.05) is 29.2 Å². The van der Waals surface area contributed by atoms with Crippen molar-refractivity contribution in [3.05, 3.63) is 59.7 Å². The Morgan fingerprint density at radius 2 is 1.54 bits per heavy atom. The molecule has 2 fully saturated rings. The van der Waals surface area contributed by atoms with Crippen LogP contribution in [0, 0.1) is 11.3 Å². The van der Waals surface area contributed by atoms with E-state index in [0.717, 1.165) is 22.7 Å². The largest absolute Gasteiger partial charge is 0.490 e. The number of carbonyl (C=O) groups excluding carboxylic acids is 1. The van der Waals surface area contributed by atoms with Crippen molar-refractivity contribution in [1.29, 1.82) is 5.26 Å². The van der Waals surface area contributed by atoms with E-state index in [2.05, 4.69) is 16.3 Å². The summed E-state index contributed by atoms with van der Waals surface area (Å²) >= 11 is 0. The van der Waals surface area contributed by atoms with E-state index in [1.54, 1.807) is 24.3 Å². The number of aromatic nitrogens is 2. The number of carboxylic acid groups (broad SMARTS) is 1. The van der Waals surface area contributed by atoms with E-state index in [-0.39, 0.29) is 5.91 Å². The molecular weight excluding hydrogens is 489 g/mol. The molecule has 1 saturated heterocycles. The van der Waals surface area contributed by atoms with Gasteiger partial charge in [0.2, 0.25) is 0 Å². The number of para-hydroxylation sites is 2. The Balaban J connectivity index is 0.000000405. The van der Waals surface area contributed by atoms with Crippen LogP contribution in [0.25, 0.3) is 11.0 Å². The number of piperazine rings is 1. The fourth-order valence-electron chi connectivity index (χ4n) is 3.72. The van der Waals surface area contributed by atoms with Crippen LogP contribution >= 0.6 is 0 Å². The minimum atomic E-state index is -5.08. The number of hydrogen-bond acceptors (Lipinski definition) is 7. The highest BCUT2D eigenvalue weighted by molar-refractivity contribution is 5.94. The number of fused-ring (bicyclic) bond motifs is 1. The second-order valence-corrected chi connectivity index (χ2v) is 8.57. The maximum atomic E-state index is 12.8. The zero-order valence-corrected chi connectivity index (χ0v) is 19.6. The van der Waals surface area contributed by atoms with Gasteiger partial charge in [-0.1, -0.05) is 12.1 Å². The molecule has 1 aliphatic carbocycles. The Morgan fingerprint density at radius 3 is 2.05 bits per heavy atom. The van der Waals surface area contributed by atoms with Crippen LogP contribution in [0.15, 0.2) is 48.5 Å². The van der Waals surface area contributed by atoms with Crippen molar-refractivity contribution in [2.75, 3.05) is 36.4 Å². The summed E-state index contributed by atoms with van der Waals surface area (Å²) in [5.41, 5.74) is 2.94. The van der Waals surface area contributed by atoms with Crippen LogP contribution in [0.1, 0.15) is 28.8 Å². The Morgan fingerprint density at radius 1 is 0.973 bits per heavy atom. The van der Waals surface area contributed by atoms with Crippen LogP contribution in [0.4, 0.5) is 24.8 Å². The predicted octanol–water partition coefficient (Wildman–Crippen LogP) is 3.67. The number of benzene rings is 2. The van der Waals surface area contributed by atoms with Crippen molar-refractivity contribution >= 4 is 34.5 Å². The van der Waals surface area contributed by atoms with Crippen molar-refractivity contribution in [3.8, 4) is 6.07 Å². The van der Waals surface area contributed by atoms with E-state index in [0.29, 0.717) is 43.3 Å². The zero-order valence-electron chi connectivity index (χ0n) is 19.6. The van der Waals surface area contributed by atoms with Crippen LogP contribution in [-0.4, -0.2) is 70.2 Å². The summed E-state index contributed by atoms with van der Waals surface area (Å²) in [5.74, 6) is -1.05. The van der Waals surface area contributed by atoms with Gasteiger partial charge in [0.05, 0.1) is 22.7 Å². The van der Waals surface area contributed by atoms with Crippen LogP contribution in [0.3, 0.4) is 0 Å². The third kappa shape index (κ3) is 6.43. The Hall–Kier alpha value is -4.40. The van der Waals surface area contributed by atoms with E-state index < -0.39 is 12.1 Å². The molecule has 2 aliphatic rings. The van der Waals surface area contributed by atoms with Gasteiger partial charge in [-0.25, -0.2) is 14.8 Å². The molecule has 1 aromatic heterocycles. The van der Waals surface area contributed by atoms with E-state index in [4.69, 9.17) is 25.1 Å². The summed E-state index contributed by atoms with van der Waals surface area (Å²) in [6, 6.07) is 17.3. The molecule has 37 heavy (non-hydrogen) atoms. The van der Waals surface area contributed by atoms with Gasteiger partial charge < -0.3 is 20.2 Å². The quantitative estimate of drug-likeness (QED) is 0.543. The molecule has 1 aliphatic heterocycles. The summed E-state index contributed by atoms with van der Waals surface area (Å²) < 4.78 is 31.7. The van der Waals surface area contributed by atoms with Gasteiger partial charge in [0, 0.05) is 37.8 Å². The third-order valence-corrected chi connectivity index (χ3v) is 5.84. The van der Waals surface area contributed by atoms with Crippen LogP contribution < -0.4 is 10.2 Å². The molecule has 5 rings (SSSR count). The third-order valence-electron chi connectivity index (χ3n) is 5.84. The van der Waals surface area contributed by atoms with Crippen LogP contribution in [-0.2, 0) is 4.79 Å². The van der Waals surface area contributed by atoms with Gasteiger partial charge in [0.15, 0.2) is 11.6 Å². The summed E-state index contributed by atoms with van der Waals surface area (Å²) in [4.78, 5) is 35.5. The average molecular weight is 512 g/mol. The Kier molecular flexibility index (Phi) is 7.42. The monoisotopic (exact) mass is 512 g/mol. The van der Waals surface area contributed by atoms with Gasteiger partial charge in [-0.05, 0) is 49.2 Å². The number of alkyl halides is 3. The number of nitrogens with one attached hydrogen (secondary N) is 1. The molecule has 0 radical (unpaired) electrons. The molecule has 9 nitrogen and oxygen atoms in total. The molecule has 1 amide bonds. The number of carboxylic acids is 1. The second kappa shape index (κ2) is 10.7. The number of nitriles is 1. The van der Waals surface area contributed by atoms with Crippen molar-refractivity contribution in [1.82, 2.24) is 14.9 Å². The first-order valence-corrected chi connectivity index (χ1v) is 11.5.